The van der Waals surface area contributed by atoms with E-state index >= 15 is 0 Å². The first-order valence-corrected chi connectivity index (χ1v) is 6.65. The Labute approximate surface area is 104 Å². The number of aryl methyl sites for hydroxylation is 1. The van der Waals surface area contributed by atoms with E-state index in [0.717, 1.165) is 35.9 Å². The van der Waals surface area contributed by atoms with Gasteiger partial charge in [-0.3, -0.25) is 4.68 Å². The van der Waals surface area contributed by atoms with Gasteiger partial charge in [-0.05, 0) is 43.9 Å². The van der Waals surface area contributed by atoms with Crippen molar-refractivity contribution in [3.63, 3.8) is 0 Å². The van der Waals surface area contributed by atoms with Gasteiger partial charge in [-0.2, -0.15) is 5.10 Å². The lowest BCUT2D eigenvalue weighted by molar-refractivity contribution is 0.0547. The highest BCUT2D eigenvalue weighted by Gasteiger charge is 2.31. The quantitative estimate of drug-likeness (QED) is 0.857. The molecule has 0 radical (unpaired) electrons. The van der Waals surface area contributed by atoms with Crippen LogP contribution >= 0.6 is 0 Å². The highest BCUT2D eigenvalue weighted by atomic mass is 16.3. The highest BCUT2D eigenvalue weighted by Crippen LogP contribution is 2.40. The maximum Gasteiger partial charge on any atom is 0.0851 e. The molecular weight excluding hydrogens is 212 g/mol. The van der Waals surface area contributed by atoms with Crippen molar-refractivity contribution in [3.8, 4) is 0 Å². The smallest absolute Gasteiger partial charge is 0.0851 e. The van der Waals surface area contributed by atoms with Crippen LogP contribution in [-0.4, -0.2) is 14.9 Å². The first kappa shape index (κ1) is 12.6. The van der Waals surface area contributed by atoms with Crippen LogP contribution in [0.2, 0.25) is 0 Å². The second-order valence-corrected chi connectivity index (χ2v) is 5.93. The Balaban J connectivity index is 2.14. The van der Waals surface area contributed by atoms with E-state index in [1.165, 1.54) is 6.42 Å². The summed E-state index contributed by atoms with van der Waals surface area (Å²) >= 11 is 0. The summed E-state index contributed by atoms with van der Waals surface area (Å²) in [5, 5.41) is 14.7. The minimum atomic E-state index is -0.339. The van der Waals surface area contributed by atoms with E-state index in [2.05, 4.69) is 18.9 Å². The van der Waals surface area contributed by atoms with Gasteiger partial charge in [0.1, 0.15) is 0 Å². The van der Waals surface area contributed by atoms with Crippen LogP contribution in [-0.2, 0) is 7.05 Å². The molecule has 96 valence electrons. The van der Waals surface area contributed by atoms with Crippen molar-refractivity contribution in [1.29, 1.82) is 0 Å². The Hall–Kier alpha value is -0.830. The van der Waals surface area contributed by atoms with Gasteiger partial charge in [0.2, 0.25) is 0 Å². The predicted octanol–water partition coefficient (Wildman–Crippen LogP) is 2.83. The third kappa shape index (κ3) is 2.54. The average molecular weight is 236 g/mol. The molecule has 1 saturated carbocycles. The Bertz CT molecular complexity index is 376. The lowest BCUT2D eigenvalue weighted by atomic mass is 9.73. The highest BCUT2D eigenvalue weighted by molar-refractivity contribution is 5.19. The van der Waals surface area contributed by atoms with E-state index in [1.54, 1.807) is 0 Å². The van der Waals surface area contributed by atoms with Gasteiger partial charge in [0, 0.05) is 18.3 Å². The zero-order valence-corrected chi connectivity index (χ0v) is 11.3. The Morgan fingerprint density at radius 2 is 1.88 bits per heavy atom. The molecule has 0 amide bonds. The number of rotatable bonds is 2. The molecule has 3 heteroatoms. The second-order valence-electron chi connectivity index (χ2n) is 5.93. The van der Waals surface area contributed by atoms with Crippen molar-refractivity contribution in [2.45, 2.75) is 46.1 Å². The summed E-state index contributed by atoms with van der Waals surface area (Å²) in [7, 11) is 1.93. The van der Waals surface area contributed by atoms with Gasteiger partial charge in [-0.25, -0.2) is 0 Å². The van der Waals surface area contributed by atoms with E-state index in [0.29, 0.717) is 5.92 Å². The molecular formula is C14H24N2O. The third-order valence-corrected chi connectivity index (χ3v) is 4.25. The number of aliphatic hydroxyl groups is 1. The topological polar surface area (TPSA) is 38.1 Å². The van der Waals surface area contributed by atoms with Crippen LogP contribution in [0.1, 0.15) is 50.5 Å². The summed E-state index contributed by atoms with van der Waals surface area (Å²) in [6.45, 7) is 6.62. The molecule has 1 N–H and O–H groups in total. The van der Waals surface area contributed by atoms with Gasteiger partial charge >= 0.3 is 0 Å². The second kappa shape index (κ2) is 4.81. The molecule has 3 unspecified atom stereocenters. The van der Waals surface area contributed by atoms with Crippen LogP contribution in [0.5, 0.6) is 0 Å². The van der Waals surface area contributed by atoms with Crippen molar-refractivity contribution in [3.05, 3.63) is 17.5 Å². The predicted molar refractivity (Wildman–Crippen MR) is 68.6 cm³/mol. The normalized spacial score (nSPS) is 31.5. The first-order chi connectivity index (χ1) is 7.99. The van der Waals surface area contributed by atoms with Gasteiger partial charge < -0.3 is 5.11 Å². The Kier molecular flexibility index (Phi) is 3.57. The number of aromatic nitrogens is 2. The molecule has 0 spiro atoms. The number of aliphatic hydroxyl groups excluding tert-OH is 1. The molecule has 1 aromatic rings. The largest absolute Gasteiger partial charge is 0.388 e. The molecule has 0 bridgehead atoms. The molecule has 1 aliphatic carbocycles. The molecule has 0 aliphatic heterocycles. The maximum absolute atomic E-state index is 10.5. The minimum Gasteiger partial charge on any atom is -0.388 e. The van der Waals surface area contributed by atoms with Crippen LogP contribution in [0.25, 0.3) is 0 Å². The molecule has 0 saturated heterocycles. The monoisotopic (exact) mass is 236 g/mol. The first-order valence-electron chi connectivity index (χ1n) is 6.65. The van der Waals surface area contributed by atoms with Gasteiger partial charge in [-0.15, -0.1) is 0 Å². The maximum atomic E-state index is 10.5. The van der Waals surface area contributed by atoms with Crippen molar-refractivity contribution < 1.29 is 5.11 Å². The average Bonchev–Trinajstić information content (AvgIpc) is 2.57. The van der Waals surface area contributed by atoms with Crippen molar-refractivity contribution in [2.75, 3.05) is 0 Å². The van der Waals surface area contributed by atoms with Crippen LogP contribution in [0.15, 0.2) is 6.20 Å². The summed E-state index contributed by atoms with van der Waals surface area (Å²) in [6, 6.07) is 0. The van der Waals surface area contributed by atoms with Crippen molar-refractivity contribution in [1.82, 2.24) is 9.78 Å². The summed E-state index contributed by atoms with van der Waals surface area (Å²) in [4.78, 5) is 0. The number of hydrogen-bond acceptors (Lipinski definition) is 2. The Morgan fingerprint density at radius 1 is 1.29 bits per heavy atom. The lowest BCUT2D eigenvalue weighted by Crippen LogP contribution is -2.25. The van der Waals surface area contributed by atoms with Gasteiger partial charge in [0.15, 0.2) is 0 Å². The molecule has 1 aromatic heterocycles. The van der Waals surface area contributed by atoms with Crippen molar-refractivity contribution >= 4 is 0 Å². The number of hydrogen-bond donors (Lipinski definition) is 1. The molecule has 1 fully saturated rings. The molecule has 17 heavy (non-hydrogen) atoms. The summed E-state index contributed by atoms with van der Waals surface area (Å²) in [5.74, 6) is 1.86. The molecule has 1 heterocycles. The van der Waals surface area contributed by atoms with Crippen LogP contribution in [0.3, 0.4) is 0 Å². The van der Waals surface area contributed by atoms with Gasteiger partial charge in [-0.1, -0.05) is 13.8 Å². The fourth-order valence-electron chi connectivity index (χ4n) is 3.33. The molecule has 3 nitrogen and oxygen atoms in total. The molecule has 3 atom stereocenters. The van der Waals surface area contributed by atoms with Gasteiger partial charge in [0.25, 0.3) is 0 Å². The van der Waals surface area contributed by atoms with E-state index in [4.69, 9.17) is 0 Å². The van der Waals surface area contributed by atoms with E-state index < -0.39 is 0 Å². The van der Waals surface area contributed by atoms with Gasteiger partial charge in [0.05, 0.1) is 12.3 Å². The fourth-order valence-corrected chi connectivity index (χ4v) is 3.33. The standard InChI is InChI=1S/C14H24N2O/c1-9-5-10(2)7-12(6-9)14(17)13-8-15-16(4)11(13)3/h8-10,12,14,17H,5-7H2,1-4H3. The number of nitrogens with zero attached hydrogens (tertiary/aromatic N) is 2. The molecule has 2 rings (SSSR count). The zero-order chi connectivity index (χ0) is 12.6. The summed E-state index contributed by atoms with van der Waals surface area (Å²) in [6.07, 6.45) is 5.06. The SMILES string of the molecule is Cc1c(C(O)C2CC(C)CC(C)C2)cnn1C. The minimum absolute atomic E-state index is 0.339. The van der Waals surface area contributed by atoms with Crippen molar-refractivity contribution in [2.24, 2.45) is 24.8 Å². The van der Waals surface area contributed by atoms with Crippen LogP contribution < -0.4 is 0 Å². The Morgan fingerprint density at radius 3 is 2.35 bits per heavy atom. The van der Waals surface area contributed by atoms with E-state index in [1.807, 2.05) is 24.9 Å². The van der Waals surface area contributed by atoms with E-state index in [-0.39, 0.29) is 6.10 Å². The third-order valence-electron chi connectivity index (χ3n) is 4.25. The summed E-state index contributed by atoms with van der Waals surface area (Å²) < 4.78 is 1.84. The fraction of sp³-hybridized carbons (Fsp3) is 0.786. The summed E-state index contributed by atoms with van der Waals surface area (Å²) in [5.41, 5.74) is 2.10. The zero-order valence-electron chi connectivity index (χ0n) is 11.3. The lowest BCUT2D eigenvalue weighted by Gasteiger charge is -2.34. The molecule has 0 aromatic carbocycles. The van der Waals surface area contributed by atoms with Crippen LogP contribution in [0, 0.1) is 24.7 Å². The molecule has 1 aliphatic rings. The van der Waals surface area contributed by atoms with Crippen LogP contribution in [0.4, 0.5) is 0 Å². The van der Waals surface area contributed by atoms with E-state index in [9.17, 15) is 5.11 Å².